The van der Waals surface area contributed by atoms with E-state index in [2.05, 4.69) is 0 Å². The molecule has 1 N–H and O–H groups in total. The van der Waals surface area contributed by atoms with Crippen LogP contribution in [0.4, 0.5) is 13.2 Å². The second-order valence-electron chi connectivity index (χ2n) is 5.53. The van der Waals surface area contributed by atoms with Crippen LogP contribution < -0.4 is 5.43 Å². The number of alkyl halides is 3. The van der Waals surface area contributed by atoms with Gasteiger partial charge in [0.2, 0.25) is 5.78 Å². The predicted octanol–water partition coefficient (Wildman–Crippen LogP) is 4.60. The first-order valence-corrected chi connectivity index (χ1v) is 7.69. The zero-order chi connectivity index (χ0) is 19.1. The molecule has 0 saturated carbocycles. The first-order chi connectivity index (χ1) is 12.2. The van der Waals surface area contributed by atoms with Crippen molar-refractivity contribution in [1.82, 2.24) is 0 Å². The summed E-state index contributed by atoms with van der Waals surface area (Å²) in [5.74, 6) is -1.78. The molecule has 0 saturated heterocycles. The van der Waals surface area contributed by atoms with E-state index in [0.29, 0.717) is 6.07 Å². The fraction of sp³-hybridized carbons (Fsp3) is 0.111. The zero-order valence-electron chi connectivity index (χ0n) is 12.9. The van der Waals surface area contributed by atoms with E-state index in [9.17, 15) is 27.9 Å². The van der Waals surface area contributed by atoms with E-state index in [1.807, 2.05) is 0 Å². The molecule has 0 bridgehead atoms. The predicted molar refractivity (Wildman–Crippen MR) is 88.6 cm³/mol. The van der Waals surface area contributed by atoms with Gasteiger partial charge in [-0.1, -0.05) is 23.7 Å². The molecule has 0 fully saturated rings. The molecule has 0 aliphatic rings. The van der Waals surface area contributed by atoms with Gasteiger partial charge in [-0.15, -0.1) is 0 Å². The lowest BCUT2D eigenvalue weighted by atomic mass is 10.00. The molecule has 0 amide bonds. The number of carbonyl (C=O) groups is 1. The van der Waals surface area contributed by atoms with Crippen molar-refractivity contribution in [2.75, 3.05) is 0 Å². The molecule has 1 aromatic heterocycles. The van der Waals surface area contributed by atoms with Crippen LogP contribution in [0.3, 0.4) is 0 Å². The number of para-hydroxylation sites is 1. The summed E-state index contributed by atoms with van der Waals surface area (Å²) in [4.78, 5) is 24.5. The van der Waals surface area contributed by atoms with Crippen molar-refractivity contribution < 1.29 is 27.5 Å². The van der Waals surface area contributed by atoms with Crippen molar-refractivity contribution in [3.8, 4) is 5.75 Å². The van der Waals surface area contributed by atoms with E-state index >= 15 is 0 Å². The van der Waals surface area contributed by atoms with Crippen LogP contribution in [0.2, 0.25) is 5.02 Å². The van der Waals surface area contributed by atoms with Crippen LogP contribution in [0.1, 0.15) is 21.7 Å². The van der Waals surface area contributed by atoms with Gasteiger partial charge in [0.1, 0.15) is 5.75 Å². The van der Waals surface area contributed by atoms with Gasteiger partial charge in [-0.3, -0.25) is 9.59 Å². The minimum atomic E-state index is -4.75. The number of phenols is 1. The normalized spacial score (nSPS) is 11.7. The summed E-state index contributed by atoms with van der Waals surface area (Å²) in [5.41, 5.74) is -2.01. The summed E-state index contributed by atoms with van der Waals surface area (Å²) < 4.78 is 44.6. The number of carbonyl (C=O) groups excluding carboxylic acids is 1. The Balaban J connectivity index is 2.03. The number of Topliss-reactive ketones (excluding diaryl/α,β-unsaturated/α-hetero) is 1. The number of hydrogen-bond acceptors (Lipinski definition) is 4. The van der Waals surface area contributed by atoms with E-state index in [1.54, 1.807) is 0 Å². The Labute approximate surface area is 149 Å². The second-order valence-corrected chi connectivity index (χ2v) is 5.94. The van der Waals surface area contributed by atoms with E-state index in [4.69, 9.17) is 16.0 Å². The first kappa shape index (κ1) is 18.0. The van der Waals surface area contributed by atoms with Crippen LogP contribution in [0.15, 0.2) is 51.7 Å². The second kappa shape index (κ2) is 6.49. The molecular formula is C18H10ClF3O4. The fourth-order valence-electron chi connectivity index (χ4n) is 2.52. The number of benzene rings is 2. The van der Waals surface area contributed by atoms with E-state index in [1.165, 1.54) is 18.2 Å². The van der Waals surface area contributed by atoms with Crippen molar-refractivity contribution in [3.63, 3.8) is 0 Å². The van der Waals surface area contributed by atoms with Gasteiger partial charge in [0.15, 0.2) is 16.8 Å². The summed E-state index contributed by atoms with van der Waals surface area (Å²) in [6.07, 6.45) is -5.41. The van der Waals surface area contributed by atoms with Gasteiger partial charge in [-0.25, -0.2) is 0 Å². The first-order valence-electron chi connectivity index (χ1n) is 7.31. The van der Waals surface area contributed by atoms with Crippen LogP contribution in [0.25, 0.3) is 11.0 Å². The summed E-state index contributed by atoms with van der Waals surface area (Å²) in [7, 11) is 0. The molecule has 1 heterocycles. The van der Waals surface area contributed by atoms with Crippen molar-refractivity contribution in [2.24, 2.45) is 0 Å². The summed E-state index contributed by atoms with van der Waals surface area (Å²) in [5, 5.41) is 9.55. The highest BCUT2D eigenvalue weighted by Gasteiger charge is 2.34. The minimum Gasteiger partial charge on any atom is -0.508 e. The minimum absolute atomic E-state index is 0.00762. The molecule has 26 heavy (non-hydrogen) atoms. The maximum absolute atomic E-state index is 13.1. The van der Waals surface area contributed by atoms with Gasteiger partial charge in [0, 0.05) is 12.5 Å². The molecule has 8 heteroatoms. The van der Waals surface area contributed by atoms with E-state index in [0.717, 1.165) is 18.2 Å². The summed E-state index contributed by atoms with van der Waals surface area (Å²) >= 11 is 5.95. The van der Waals surface area contributed by atoms with Crippen molar-refractivity contribution in [3.05, 3.63) is 74.6 Å². The third kappa shape index (κ3) is 3.43. The van der Waals surface area contributed by atoms with Crippen LogP contribution >= 0.6 is 11.6 Å². The van der Waals surface area contributed by atoms with Gasteiger partial charge in [-0.05, 0) is 29.8 Å². The maximum Gasteiger partial charge on any atom is 0.416 e. The van der Waals surface area contributed by atoms with Crippen LogP contribution in [-0.2, 0) is 12.6 Å². The SMILES string of the molecule is O=C(Cc1ccc(O)cc1C(F)(F)F)c1cc(=O)c2cccc(Cl)c2o1. The van der Waals surface area contributed by atoms with Gasteiger partial charge >= 0.3 is 6.18 Å². The topological polar surface area (TPSA) is 67.5 Å². The van der Waals surface area contributed by atoms with Crippen molar-refractivity contribution in [2.45, 2.75) is 12.6 Å². The standard InChI is InChI=1S/C18H10ClF3O4/c19-13-3-1-2-11-14(24)8-16(26-17(11)13)15(25)6-9-4-5-10(23)7-12(9)18(20,21)22/h1-5,7-8,23H,6H2. The molecule has 0 radical (unpaired) electrons. The molecule has 3 aromatic rings. The lowest BCUT2D eigenvalue weighted by molar-refractivity contribution is -0.138. The molecule has 0 aliphatic carbocycles. The number of fused-ring (bicyclic) bond motifs is 1. The Bertz CT molecular complexity index is 1070. The van der Waals surface area contributed by atoms with Crippen molar-refractivity contribution in [1.29, 1.82) is 0 Å². The Morgan fingerprint density at radius 3 is 2.58 bits per heavy atom. The molecule has 134 valence electrons. The number of hydrogen-bond donors (Lipinski definition) is 1. The van der Waals surface area contributed by atoms with Crippen LogP contribution in [0, 0.1) is 0 Å². The lowest BCUT2D eigenvalue weighted by Crippen LogP contribution is -2.14. The molecular weight excluding hydrogens is 373 g/mol. The molecule has 4 nitrogen and oxygen atoms in total. The molecule has 0 unspecified atom stereocenters. The van der Waals surface area contributed by atoms with Crippen LogP contribution in [-0.4, -0.2) is 10.9 Å². The maximum atomic E-state index is 13.1. The Hall–Kier alpha value is -2.80. The molecule has 0 aliphatic heterocycles. The lowest BCUT2D eigenvalue weighted by Gasteiger charge is -2.12. The van der Waals surface area contributed by atoms with Gasteiger partial charge in [-0.2, -0.15) is 13.2 Å². The molecule has 3 rings (SSSR count). The third-order valence-corrected chi connectivity index (χ3v) is 4.03. The van der Waals surface area contributed by atoms with Gasteiger partial charge in [0.25, 0.3) is 0 Å². The Kier molecular flexibility index (Phi) is 4.50. The molecule has 0 spiro atoms. The molecule has 2 aromatic carbocycles. The highest BCUT2D eigenvalue weighted by molar-refractivity contribution is 6.34. The highest BCUT2D eigenvalue weighted by atomic mass is 35.5. The average molecular weight is 383 g/mol. The van der Waals surface area contributed by atoms with E-state index < -0.39 is 40.9 Å². The number of halogens is 4. The largest absolute Gasteiger partial charge is 0.508 e. The zero-order valence-corrected chi connectivity index (χ0v) is 13.7. The average Bonchev–Trinajstić information content (AvgIpc) is 2.56. The molecule has 0 atom stereocenters. The quantitative estimate of drug-likeness (QED) is 0.672. The van der Waals surface area contributed by atoms with Crippen LogP contribution in [0.5, 0.6) is 5.75 Å². The number of rotatable bonds is 3. The Morgan fingerprint density at radius 1 is 1.15 bits per heavy atom. The van der Waals surface area contributed by atoms with E-state index in [-0.39, 0.29) is 21.6 Å². The highest BCUT2D eigenvalue weighted by Crippen LogP contribution is 2.34. The monoisotopic (exact) mass is 382 g/mol. The fourth-order valence-corrected chi connectivity index (χ4v) is 2.74. The number of ketones is 1. The van der Waals surface area contributed by atoms with Gasteiger partial charge in [0.05, 0.1) is 16.0 Å². The Morgan fingerprint density at radius 2 is 1.88 bits per heavy atom. The van der Waals surface area contributed by atoms with Crippen molar-refractivity contribution >= 4 is 28.4 Å². The number of aromatic hydroxyl groups is 1. The summed E-state index contributed by atoms with van der Waals surface area (Å²) in [6.45, 7) is 0. The summed E-state index contributed by atoms with van der Waals surface area (Å²) in [6, 6.07) is 7.97. The van der Waals surface area contributed by atoms with Gasteiger partial charge < -0.3 is 9.52 Å². The third-order valence-electron chi connectivity index (χ3n) is 3.73. The smallest absolute Gasteiger partial charge is 0.416 e. The number of phenolic OH excluding ortho intramolecular Hbond substituents is 1.